The normalized spacial score (nSPS) is 12.5. The molecule has 0 heterocycles. The molecule has 0 saturated carbocycles. The first-order valence-corrected chi connectivity index (χ1v) is 8.50. The molecule has 1 aromatic rings. The number of hydrogen-bond acceptors (Lipinski definition) is 4. The molecule has 0 fully saturated rings. The molecule has 0 aliphatic heterocycles. The number of rotatable bonds is 6. The number of thioether (sulfide) groups is 1. The molecular weight excluding hydrogens is 298 g/mol. The van der Waals surface area contributed by atoms with Gasteiger partial charge in [0, 0.05) is 0 Å². The van der Waals surface area contributed by atoms with E-state index < -0.39 is 17.7 Å². The van der Waals surface area contributed by atoms with Crippen LogP contribution in [-0.2, 0) is 16.0 Å². The van der Waals surface area contributed by atoms with Crippen LogP contribution in [0.5, 0.6) is 0 Å². The van der Waals surface area contributed by atoms with Gasteiger partial charge in [0.05, 0.1) is 0 Å². The zero-order valence-electron chi connectivity index (χ0n) is 13.7. The van der Waals surface area contributed by atoms with Crippen molar-refractivity contribution < 1.29 is 14.3 Å². The number of nitrogens with one attached hydrogen (secondary N) is 1. The number of carbonyl (C=O) groups is 2. The zero-order chi connectivity index (χ0) is 16.6. The van der Waals surface area contributed by atoms with Crippen molar-refractivity contribution in [1.29, 1.82) is 0 Å². The van der Waals surface area contributed by atoms with Gasteiger partial charge in [0.25, 0.3) is 0 Å². The van der Waals surface area contributed by atoms with Gasteiger partial charge < -0.3 is 10.1 Å². The molecule has 1 unspecified atom stereocenters. The highest BCUT2D eigenvalue weighted by Crippen LogP contribution is 2.13. The van der Waals surface area contributed by atoms with E-state index in [2.05, 4.69) is 5.32 Å². The van der Waals surface area contributed by atoms with Crippen LogP contribution in [0.4, 0.5) is 4.79 Å². The number of benzene rings is 1. The van der Waals surface area contributed by atoms with Crippen LogP contribution >= 0.6 is 11.8 Å². The fourth-order valence-electron chi connectivity index (χ4n) is 1.90. The summed E-state index contributed by atoms with van der Waals surface area (Å²) in [6.45, 7) is 7.32. The van der Waals surface area contributed by atoms with E-state index in [1.54, 1.807) is 20.8 Å². The Bertz CT molecular complexity index is 482. The number of alkyl carbamates (subject to hydrolysis) is 1. The molecule has 1 aromatic carbocycles. The first-order chi connectivity index (χ1) is 10.3. The standard InChI is InChI=1S/C17H25NO3S/c1-5-22-15(19)14(18-16(20)21-17(2,3)4)12-11-13-9-7-6-8-10-13/h6-10,14H,5,11-12H2,1-4H3,(H,18,20). The van der Waals surface area contributed by atoms with Gasteiger partial charge in [-0.25, -0.2) is 4.79 Å². The van der Waals surface area contributed by atoms with E-state index in [4.69, 9.17) is 4.74 Å². The number of amides is 1. The monoisotopic (exact) mass is 323 g/mol. The molecule has 122 valence electrons. The SMILES string of the molecule is CCSC(=O)C(CCc1ccccc1)NC(=O)OC(C)(C)C. The highest BCUT2D eigenvalue weighted by atomic mass is 32.2. The molecule has 0 spiro atoms. The van der Waals surface area contributed by atoms with Crippen LogP contribution < -0.4 is 5.32 Å². The maximum absolute atomic E-state index is 12.2. The van der Waals surface area contributed by atoms with Crippen molar-refractivity contribution in [3.05, 3.63) is 35.9 Å². The van der Waals surface area contributed by atoms with Crippen LogP contribution in [0.2, 0.25) is 0 Å². The average Bonchev–Trinajstić information content (AvgIpc) is 2.42. The maximum Gasteiger partial charge on any atom is 0.408 e. The lowest BCUT2D eigenvalue weighted by Gasteiger charge is -2.23. The summed E-state index contributed by atoms with van der Waals surface area (Å²) >= 11 is 1.23. The molecule has 0 saturated heterocycles. The summed E-state index contributed by atoms with van der Waals surface area (Å²) < 4.78 is 5.24. The van der Waals surface area contributed by atoms with Crippen molar-refractivity contribution in [3.63, 3.8) is 0 Å². The van der Waals surface area contributed by atoms with E-state index in [1.807, 2.05) is 37.3 Å². The fraction of sp³-hybridized carbons (Fsp3) is 0.529. The second kappa shape index (κ2) is 8.83. The second-order valence-corrected chi connectivity index (χ2v) is 7.24. The molecule has 0 aliphatic rings. The molecule has 1 rings (SSSR count). The van der Waals surface area contributed by atoms with E-state index >= 15 is 0 Å². The van der Waals surface area contributed by atoms with Crippen LogP contribution in [0.3, 0.4) is 0 Å². The largest absolute Gasteiger partial charge is 0.444 e. The minimum Gasteiger partial charge on any atom is -0.444 e. The lowest BCUT2D eigenvalue weighted by Crippen LogP contribution is -2.43. The summed E-state index contributed by atoms with van der Waals surface area (Å²) in [7, 11) is 0. The zero-order valence-corrected chi connectivity index (χ0v) is 14.5. The number of hydrogen-bond donors (Lipinski definition) is 1. The Morgan fingerprint density at radius 3 is 2.41 bits per heavy atom. The van der Waals surface area contributed by atoms with Crippen molar-refractivity contribution in [2.24, 2.45) is 0 Å². The Hall–Kier alpha value is -1.49. The van der Waals surface area contributed by atoms with Gasteiger partial charge in [-0.2, -0.15) is 0 Å². The molecule has 5 heteroatoms. The topological polar surface area (TPSA) is 55.4 Å². The number of aryl methyl sites for hydroxylation is 1. The van der Waals surface area contributed by atoms with E-state index in [9.17, 15) is 9.59 Å². The average molecular weight is 323 g/mol. The summed E-state index contributed by atoms with van der Waals surface area (Å²) in [6.07, 6.45) is 0.752. The van der Waals surface area contributed by atoms with E-state index in [0.717, 1.165) is 12.0 Å². The lowest BCUT2D eigenvalue weighted by molar-refractivity contribution is -0.113. The van der Waals surface area contributed by atoms with Crippen LogP contribution in [0.15, 0.2) is 30.3 Å². The third-order valence-corrected chi connectivity index (χ3v) is 3.68. The van der Waals surface area contributed by atoms with Gasteiger partial charge in [0.15, 0.2) is 0 Å². The van der Waals surface area contributed by atoms with Crippen LogP contribution in [-0.4, -0.2) is 28.6 Å². The molecular formula is C17H25NO3S. The second-order valence-electron chi connectivity index (χ2n) is 5.98. The van der Waals surface area contributed by atoms with Gasteiger partial charge in [-0.1, -0.05) is 49.0 Å². The Labute approximate surface area is 137 Å². The van der Waals surface area contributed by atoms with Gasteiger partial charge in [-0.15, -0.1) is 0 Å². The van der Waals surface area contributed by atoms with Crippen LogP contribution in [0, 0.1) is 0 Å². The molecule has 0 radical (unpaired) electrons. The quantitative estimate of drug-likeness (QED) is 0.865. The van der Waals surface area contributed by atoms with Gasteiger partial charge in [-0.05, 0) is 44.9 Å². The summed E-state index contributed by atoms with van der Waals surface area (Å²) in [5, 5.41) is 2.67. The minimum atomic E-state index is -0.574. The summed E-state index contributed by atoms with van der Waals surface area (Å²) in [6, 6.07) is 9.39. The molecule has 0 aliphatic carbocycles. The van der Waals surface area contributed by atoms with Gasteiger partial charge in [0.2, 0.25) is 5.12 Å². The highest BCUT2D eigenvalue weighted by Gasteiger charge is 2.24. The maximum atomic E-state index is 12.2. The molecule has 22 heavy (non-hydrogen) atoms. The van der Waals surface area contributed by atoms with Crippen LogP contribution in [0.1, 0.15) is 39.7 Å². The first-order valence-electron chi connectivity index (χ1n) is 7.52. The van der Waals surface area contributed by atoms with Crippen LogP contribution in [0.25, 0.3) is 0 Å². The van der Waals surface area contributed by atoms with E-state index in [-0.39, 0.29) is 5.12 Å². The lowest BCUT2D eigenvalue weighted by atomic mass is 10.1. The van der Waals surface area contributed by atoms with Crippen molar-refractivity contribution in [1.82, 2.24) is 5.32 Å². The first kappa shape index (κ1) is 18.6. The van der Waals surface area contributed by atoms with Crippen molar-refractivity contribution in [2.45, 2.75) is 52.2 Å². The molecule has 4 nitrogen and oxygen atoms in total. The highest BCUT2D eigenvalue weighted by molar-refractivity contribution is 8.13. The Kier molecular flexibility index (Phi) is 7.45. The summed E-state index contributed by atoms with van der Waals surface area (Å²) in [5.41, 5.74) is 0.572. The number of ether oxygens (including phenoxy) is 1. The van der Waals surface area contributed by atoms with E-state index in [0.29, 0.717) is 12.2 Å². The molecule has 1 N–H and O–H groups in total. The third-order valence-electron chi connectivity index (χ3n) is 2.83. The fourth-order valence-corrected chi connectivity index (χ4v) is 2.56. The Balaban J connectivity index is 2.63. The van der Waals surface area contributed by atoms with Gasteiger partial charge >= 0.3 is 6.09 Å². The Morgan fingerprint density at radius 1 is 1.23 bits per heavy atom. The Morgan fingerprint density at radius 2 is 1.86 bits per heavy atom. The molecule has 1 atom stereocenters. The molecule has 0 bridgehead atoms. The summed E-state index contributed by atoms with van der Waals surface area (Å²) in [5.74, 6) is 0.691. The van der Waals surface area contributed by atoms with E-state index in [1.165, 1.54) is 11.8 Å². The van der Waals surface area contributed by atoms with Crippen molar-refractivity contribution in [2.75, 3.05) is 5.75 Å². The van der Waals surface area contributed by atoms with Crippen molar-refractivity contribution in [3.8, 4) is 0 Å². The number of carbonyl (C=O) groups excluding carboxylic acids is 2. The third kappa shape index (κ3) is 7.50. The van der Waals surface area contributed by atoms with Gasteiger partial charge in [0.1, 0.15) is 11.6 Å². The minimum absolute atomic E-state index is 0.0238. The predicted molar refractivity (Wildman–Crippen MR) is 91.1 cm³/mol. The van der Waals surface area contributed by atoms with Gasteiger partial charge in [-0.3, -0.25) is 4.79 Å². The predicted octanol–water partition coefficient (Wildman–Crippen LogP) is 3.79. The van der Waals surface area contributed by atoms with Crippen molar-refractivity contribution >= 4 is 23.0 Å². The summed E-state index contributed by atoms with van der Waals surface area (Å²) in [4.78, 5) is 24.1. The molecule has 1 amide bonds. The smallest absolute Gasteiger partial charge is 0.408 e. The molecule has 0 aromatic heterocycles.